The maximum atomic E-state index is 12.9. The number of nitrogens with zero attached hydrogens (tertiary/aromatic N) is 2. The third kappa shape index (κ3) is 2.67. The second-order valence-corrected chi connectivity index (χ2v) is 4.35. The minimum atomic E-state index is -0.397. The highest BCUT2D eigenvalue weighted by atomic mass is 19.1. The summed E-state index contributed by atoms with van der Waals surface area (Å²) in [5, 5.41) is 0. The van der Waals surface area contributed by atoms with Crippen molar-refractivity contribution in [2.75, 3.05) is 18.5 Å². The average molecular weight is 208 g/mol. The van der Waals surface area contributed by atoms with E-state index in [1.807, 2.05) is 13.1 Å². The van der Waals surface area contributed by atoms with Crippen LogP contribution in [0, 0.1) is 11.9 Å². The van der Waals surface area contributed by atoms with Crippen molar-refractivity contribution in [2.45, 2.75) is 25.7 Å². The fourth-order valence-corrected chi connectivity index (χ4v) is 2.28. The molecular formula is C12H17FN2. The fraction of sp³-hybridized carbons (Fsp3) is 0.583. The molecule has 1 aromatic rings. The minimum absolute atomic E-state index is 0.397. The number of aromatic nitrogens is 1. The van der Waals surface area contributed by atoms with Crippen LogP contribution >= 0.6 is 0 Å². The minimum Gasteiger partial charge on any atom is -0.359 e. The van der Waals surface area contributed by atoms with Gasteiger partial charge in [0.05, 0.1) is 0 Å². The predicted octanol–water partition coefficient (Wildman–Crippen LogP) is 2.85. The third-order valence-electron chi connectivity index (χ3n) is 3.10. The van der Waals surface area contributed by atoms with Crippen LogP contribution in [0.3, 0.4) is 0 Å². The summed E-state index contributed by atoms with van der Waals surface area (Å²) in [7, 11) is 1.99. The lowest BCUT2D eigenvalue weighted by molar-refractivity contribution is 0.538. The Balaban J connectivity index is 1.97. The van der Waals surface area contributed by atoms with Gasteiger partial charge in [0.1, 0.15) is 5.82 Å². The molecule has 1 fully saturated rings. The van der Waals surface area contributed by atoms with Crippen LogP contribution in [-0.4, -0.2) is 18.6 Å². The molecule has 1 aliphatic rings. The van der Waals surface area contributed by atoms with Gasteiger partial charge in [0, 0.05) is 13.6 Å². The second-order valence-electron chi connectivity index (χ2n) is 4.35. The molecule has 0 aromatic carbocycles. The van der Waals surface area contributed by atoms with Gasteiger partial charge in [-0.15, -0.1) is 0 Å². The van der Waals surface area contributed by atoms with E-state index in [9.17, 15) is 4.39 Å². The monoisotopic (exact) mass is 208 g/mol. The molecular weight excluding hydrogens is 191 g/mol. The van der Waals surface area contributed by atoms with Crippen molar-refractivity contribution >= 4 is 5.82 Å². The maximum Gasteiger partial charge on any atom is 0.214 e. The molecule has 3 heteroatoms. The first-order valence-corrected chi connectivity index (χ1v) is 5.59. The van der Waals surface area contributed by atoms with E-state index in [0.717, 1.165) is 18.3 Å². The Labute approximate surface area is 90.1 Å². The van der Waals surface area contributed by atoms with Gasteiger partial charge >= 0.3 is 0 Å². The van der Waals surface area contributed by atoms with Crippen LogP contribution in [0.4, 0.5) is 10.2 Å². The summed E-state index contributed by atoms with van der Waals surface area (Å²) in [6, 6.07) is 4.95. The molecule has 2 nitrogen and oxygen atoms in total. The summed E-state index contributed by atoms with van der Waals surface area (Å²) >= 11 is 0. The lowest BCUT2D eigenvalue weighted by Gasteiger charge is -2.21. The summed E-state index contributed by atoms with van der Waals surface area (Å²) in [5.74, 6) is 1.10. The standard InChI is InChI=1S/C12H17FN2/c1-15(9-10-5-2-3-6-10)12-8-4-7-11(13)14-12/h4,7-8,10H,2-3,5-6,9H2,1H3. The van der Waals surface area contributed by atoms with Gasteiger partial charge < -0.3 is 4.90 Å². The zero-order valence-electron chi connectivity index (χ0n) is 9.12. The Hall–Kier alpha value is -1.12. The van der Waals surface area contributed by atoms with Gasteiger partial charge in [0.15, 0.2) is 0 Å². The second kappa shape index (κ2) is 4.60. The summed E-state index contributed by atoms with van der Waals surface area (Å²) in [6.07, 6.45) is 5.30. The molecule has 0 unspecified atom stereocenters. The summed E-state index contributed by atoms with van der Waals surface area (Å²) in [5.41, 5.74) is 0. The van der Waals surface area contributed by atoms with Gasteiger partial charge in [-0.2, -0.15) is 4.39 Å². The molecule has 0 atom stereocenters. The molecule has 1 heterocycles. The number of hydrogen-bond acceptors (Lipinski definition) is 2. The van der Waals surface area contributed by atoms with Crippen molar-refractivity contribution in [3.63, 3.8) is 0 Å². The lowest BCUT2D eigenvalue weighted by Crippen LogP contribution is -2.24. The molecule has 0 N–H and O–H groups in total. The van der Waals surface area contributed by atoms with Crippen LogP contribution in [0.15, 0.2) is 18.2 Å². The largest absolute Gasteiger partial charge is 0.359 e. The third-order valence-corrected chi connectivity index (χ3v) is 3.10. The highest BCUT2D eigenvalue weighted by molar-refractivity contribution is 5.36. The smallest absolute Gasteiger partial charge is 0.214 e. The molecule has 0 amide bonds. The number of pyridine rings is 1. The van der Waals surface area contributed by atoms with Gasteiger partial charge in [-0.05, 0) is 30.9 Å². The zero-order valence-corrected chi connectivity index (χ0v) is 9.12. The first-order chi connectivity index (χ1) is 7.25. The van der Waals surface area contributed by atoms with Crippen molar-refractivity contribution in [1.82, 2.24) is 4.98 Å². The van der Waals surface area contributed by atoms with Crippen LogP contribution in [0.25, 0.3) is 0 Å². The highest BCUT2D eigenvalue weighted by Crippen LogP contribution is 2.26. The molecule has 1 aliphatic carbocycles. The molecule has 82 valence electrons. The SMILES string of the molecule is CN(CC1CCCC1)c1cccc(F)n1. The predicted molar refractivity (Wildman–Crippen MR) is 59.4 cm³/mol. The van der Waals surface area contributed by atoms with E-state index < -0.39 is 5.95 Å². The van der Waals surface area contributed by atoms with Crippen molar-refractivity contribution < 1.29 is 4.39 Å². The summed E-state index contributed by atoms with van der Waals surface area (Å²) in [4.78, 5) is 5.93. The summed E-state index contributed by atoms with van der Waals surface area (Å²) < 4.78 is 12.9. The van der Waals surface area contributed by atoms with Crippen molar-refractivity contribution in [1.29, 1.82) is 0 Å². The zero-order chi connectivity index (χ0) is 10.7. The van der Waals surface area contributed by atoms with E-state index in [4.69, 9.17) is 0 Å². The molecule has 0 spiro atoms. The van der Waals surface area contributed by atoms with E-state index in [-0.39, 0.29) is 0 Å². The first-order valence-electron chi connectivity index (χ1n) is 5.59. The number of anilines is 1. The molecule has 1 aromatic heterocycles. The van der Waals surface area contributed by atoms with Crippen LogP contribution < -0.4 is 4.90 Å². The Bertz CT molecular complexity index is 321. The molecule has 0 radical (unpaired) electrons. The quantitative estimate of drug-likeness (QED) is 0.710. The fourth-order valence-electron chi connectivity index (χ4n) is 2.28. The van der Waals surface area contributed by atoms with Crippen LogP contribution in [0.5, 0.6) is 0 Å². The Morgan fingerprint density at radius 3 is 2.80 bits per heavy atom. The van der Waals surface area contributed by atoms with Gasteiger partial charge in [0.25, 0.3) is 0 Å². The number of hydrogen-bond donors (Lipinski definition) is 0. The Kier molecular flexibility index (Phi) is 3.19. The van der Waals surface area contributed by atoms with E-state index in [1.165, 1.54) is 31.7 Å². The molecule has 0 bridgehead atoms. The van der Waals surface area contributed by atoms with E-state index in [0.29, 0.717) is 0 Å². The maximum absolute atomic E-state index is 12.9. The van der Waals surface area contributed by atoms with Crippen LogP contribution in [0.2, 0.25) is 0 Å². The van der Waals surface area contributed by atoms with Gasteiger partial charge in [0.2, 0.25) is 5.95 Å². The summed E-state index contributed by atoms with van der Waals surface area (Å²) in [6.45, 7) is 0.996. The number of halogens is 1. The van der Waals surface area contributed by atoms with E-state index in [2.05, 4.69) is 9.88 Å². The highest BCUT2D eigenvalue weighted by Gasteiger charge is 2.17. The molecule has 2 rings (SSSR count). The Morgan fingerprint density at radius 2 is 2.13 bits per heavy atom. The average Bonchev–Trinajstić information content (AvgIpc) is 2.70. The van der Waals surface area contributed by atoms with Gasteiger partial charge in [-0.1, -0.05) is 18.9 Å². The van der Waals surface area contributed by atoms with Crippen LogP contribution in [-0.2, 0) is 0 Å². The first kappa shape index (κ1) is 10.4. The lowest BCUT2D eigenvalue weighted by atomic mass is 10.1. The number of rotatable bonds is 3. The van der Waals surface area contributed by atoms with Gasteiger partial charge in [-0.3, -0.25) is 0 Å². The van der Waals surface area contributed by atoms with Crippen molar-refractivity contribution in [3.8, 4) is 0 Å². The molecule has 0 saturated heterocycles. The van der Waals surface area contributed by atoms with E-state index in [1.54, 1.807) is 6.07 Å². The Morgan fingerprint density at radius 1 is 1.40 bits per heavy atom. The van der Waals surface area contributed by atoms with Crippen molar-refractivity contribution in [2.24, 2.45) is 5.92 Å². The molecule has 1 saturated carbocycles. The van der Waals surface area contributed by atoms with E-state index >= 15 is 0 Å². The van der Waals surface area contributed by atoms with Crippen molar-refractivity contribution in [3.05, 3.63) is 24.1 Å². The molecule has 15 heavy (non-hydrogen) atoms. The van der Waals surface area contributed by atoms with Crippen LogP contribution in [0.1, 0.15) is 25.7 Å². The topological polar surface area (TPSA) is 16.1 Å². The normalized spacial score (nSPS) is 16.9. The van der Waals surface area contributed by atoms with Gasteiger partial charge in [-0.25, -0.2) is 4.98 Å². The molecule has 0 aliphatic heterocycles.